The van der Waals surface area contributed by atoms with E-state index in [4.69, 9.17) is 9.47 Å². The van der Waals surface area contributed by atoms with Crippen LogP contribution in [0, 0.1) is 5.92 Å². The smallest absolute Gasteiger partial charge is 0.338 e. The number of methoxy groups -OCH3 is 1. The first-order chi connectivity index (χ1) is 11.5. The molecule has 1 N–H and O–H groups in total. The molecule has 5 heteroatoms. The molecule has 0 aromatic heterocycles. The fourth-order valence-corrected chi connectivity index (χ4v) is 1.98. The fourth-order valence-electron chi connectivity index (χ4n) is 1.98. The fraction of sp³-hybridized carbons (Fsp3) is 0.263. The second-order valence-corrected chi connectivity index (χ2v) is 5.76. The van der Waals surface area contributed by atoms with Crippen LogP contribution in [-0.4, -0.2) is 25.6 Å². The predicted molar refractivity (Wildman–Crippen MR) is 92.5 cm³/mol. The first kappa shape index (κ1) is 17.5. The quantitative estimate of drug-likeness (QED) is 0.821. The molecule has 0 saturated carbocycles. The van der Waals surface area contributed by atoms with Crippen LogP contribution in [0.15, 0.2) is 48.5 Å². The van der Waals surface area contributed by atoms with Gasteiger partial charge in [0.1, 0.15) is 5.75 Å². The summed E-state index contributed by atoms with van der Waals surface area (Å²) in [5, 5.41) is 2.78. The second-order valence-electron chi connectivity index (χ2n) is 5.76. The Hall–Kier alpha value is -2.82. The number of nitrogens with one attached hydrogen (secondary N) is 1. The monoisotopic (exact) mass is 327 g/mol. The molecule has 5 nitrogen and oxygen atoms in total. The van der Waals surface area contributed by atoms with Gasteiger partial charge in [0.05, 0.1) is 19.3 Å². The van der Waals surface area contributed by atoms with E-state index in [-0.39, 0.29) is 17.8 Å². The number of hydrogen-bond acceptors (Lipinski definition) is 4. The normalized spacial score (nSPS) is 10.3. The molecule has 0 aliphatic rings. The summed E-state index contributed by atoms with van der Waals surface area (Å²) in [7, 11) is 1.55. The molecule has 0 atom stereocenters. The molecule has 1 amide bonds. The molecule has 2 aromatic rings. The molecule has 0 saturated heterocycles. The maximum atomic E-state index is 12.2. The van der Waals surface area contributed by atoms with Gasteiger partial charge in [-0.1, -0.05) is 19.9 Å². The highest BCUT2D eigenvalue weighted by molar-refractivity contribution is 6.04. The lowest BCUT2D eigenvalue weighted by Gasteiger charge is -2.09. The van der Waals surface area contributed by atoms with Gasteiger partial charge in [0, 0.05) is 11.3 Å². The van der Waals surface area contributed by atoms with Gasteiger partial charge in [-0.2, -0.15) is 0 Å². The third kappa shape index (κ3) is 4.84. The van der Waals surface area contributed by atoms with Crippen molar-refractivity contribution >= 4 is 17.6 Å². The standard InChI is InChI=1S/C19H21NO4/c1-13(2)12-24-19(22)14-7-9-16(10-8-14)20-18(21)15-5-4-6-17(11-15)23-3/h4-11,13H,12H2,1-3H3,(H,20,21). The zero-order valence-corrected chi connectivity index (χ0v) is 14.0. The maximum absolute atomic E-state index is 12.2. The number of carbonyl (C=O) groups excluding carboxylic acids is 2. The van der Waals surface area contributed by atoms with E-state index in [2.05, 4.69) is 5.32 Å². The molecule has 0 aliphatic heterocycles. The minimum absolute atomic E-state index is 0.246. The van der Waals surface area contributed by atoms with Crippen LogP contribution >= 0.6 is 0 Å². The predicted octanol–water partition coefficient (Wildman–Crippen LogP) is 3.76. The molecule has 0 heterocycles. The molecule has 0 bridgehead atoms. The average molecular weight is 327 g/mol. The molecule has 0 spiro atoms. The van der Waals surface area contributed by atoms with Crippen molar-refractivity contribution in [2.45, 2.75) is 13.8 Å². The SMILES string of the molecule is COc1cccc(C(=O)Nc2ccc(C(=O)OCC(C)C)cc2)c1. The van der Waals surface area contributed by atoms with Crippen molar-refractivity contribution in [1.29, 1.82) is 0 Å². The van der Waals surface area contributed by atoms with Crippen molar-refractivity contribution in [1.82, 2.24) is 0 Å². The number of benzene rings is 2. The Bertz CT molecular complexity index is 708. The first-order valence-corrected chi connectivity index (χ1v) is 7.72. The van der Waals surface area contributed by atoms with Crippen LogP contribution in [0.25, 0.3) is 0 Å². The Labute approximate surface area is 141 Å². The molecule has 2 rings (SSSR count). The summed E-state index contributed by atoms with van der Waals surface area (Å²) in [5.41, 5.74) is 1.55. The van der Waals surface area contributed by atoms with Crippen molar-refractivity contribution in [2.75, 3.05) is 19.0 Å². The molecule has 0 radical (unpaired) electrons. The second kappa shape index (κ2) is 8.15. The topological polar surface area (TPSA) is 64.6 Å². The van der Waals surface area contributed by atoms with E-state index in [1.54, 1.807) is 55.6 Å². The Kier molecular flexibility index (Phi) is 5.95. The summed E-state index contributed by atoms with van der Waals surface area (Å²) in [6, 6.07) is 13.5. The van der Waals surface area contributed by atoms with Gasteiger partial charge >= 0.3 is 5.97 Å². The summed E-state index contributed by atoms with van der Waals surface area (Å²) < 4.78 is 10.3. The minimum atomic E-state index is -0.366. The van der Waals surface area contributed by atoms with Crippen LogP contribution in [0.2, 0.25) is 0 Å². The number of esters is 1. The highest BCUT2D eigenvalue weighted by atomic mass is 16.5. The zero-order valence-electron chi connectivity index (χ0n) is 14.0. The van der Waals surface area contributed by atoms with Crippen LogP contribution in [0.3, 0.4) is 0 Å². The largest absolute Gasteiger partial charge is 0.497 e. The number of anilines is 1. The summed E-state index contributed by atoms with van der Waals surface area (Å²) in [5.74, 6) is 0.291. The van der Waals surface area contributed by atoms with E-state index in [1.165, 1.54) is 0 Å². The summed E-state index contributed by atoms with van der Waals surface area (Å²) >= 11 is 0. The Balaban J connectivity index is 2.00. The molecular formula is C19H21NO4. The zero-order chi connectivity index (χ0) is 17.5. The highest BCUT2D eigenvalue weighted by Crippen LogP contribution is 2.16. The Morgan fingerprint density at radius 3 is 2.38 bits per heavy atom. The Morgan fingerprint density at radius 2 is 1.75 bits per heavy atom. The van der Waals surface area contributed by atoms with Gasteiger partial charge < -0.3 is 14.8 Å². The van der Waals surface area contributed by atoms with Crippen LogP contribution in [0.5, 0.6) is 5.75 Å². The van der Waals surface area contributed by atoms with Gasteiger partial charge in [-0.15, -0.1) is 0 Å². The number of hydrogen-bond donors (Lipinski definition) is 1. The van der Waals surface area contributed by atoms with E-state index in [0.717, 1.165) is 0 Å². The van der Waals surface area contributed by atoms with E-state index < -0.39 is 0 Å². The minimum Gasteiger partial charge on any atom is -0.497 e. The van der Waals surface area contributed by atoms with Gasteiger partial charge in [-0.3, -0.25) is 4.79 Å². The molecule has 24 heavy (non-hydrogen) atoms. The highest BCUT2D eigenvalue weighted by Gasteiger charge is 2.10. The van der Waals surface area contributed by atoms with Crippen molar-refractivity contribution in [3.8, 4) is 5.75 Å². The summed E-state index contributed by atoms with van der Waals surface area (Å²) in [4.78, 5) is 24.1. The van der Waals surface area contributed by atoms with Gasteiger partial charge in [0.25, 0.3) is 5.91 Å². The van der Waals surface area contributed by atoms with E-state index >= 15 is 0 Å². The van der Waals surface area contributed by atoms with Crippen molar-refractivity contribution in [2.24, 2.45) is 5.92 Å². The van der Waals surface area contributed by atoms with Crippen molar-refractivity contribution in [3.63, 3.8) is 0 Å². The van der Waals surface area contributed by atoms with E-state index in [1.807, 2.05) is 13.8 Å². The lowest BCUT2D eigenvalue weighted by molar-refractivity contribution is 0.0459. The maximum Gasteiger partial charge on any atom is 0.338 e. The third-order valence-corrected chi connectivity index (χ3v) is 3.26. The first-order valence-electron chi connectivity index (χ1n) is 7.72. The Morgan fingerprint density at radius 1 is 1.04 bits per heavy atom. The van der Waals surface area contributed by atoms with Crippen LogP contribution in [0.4, 0.5) is 5.69 Å². The number of ether oxygens (including phenoxy) is 2. The van der Waals surface area contributed by atoms with E-state index in [0.29, 0.717) is 29.2 Å². The van der Waals surface area contributed by atoms with Gasteiger partial charge in [-0.05, 0) is 48.4 Å². The molecule has 0 unspecified atom stereocenters. The lowest BCUT2D eigenvalue weighted by Crippen LogP contribution is -2.13. The molecule has 2 aromatic carbocycles. The van der Waals surface area contributed by atoms with Crippen molar-refractivity contribution in [3.05, 3.63) is 59.7 Å². The number of carbonyl (C=O) groups is 2. The summed E-state index contributed by atoms with van der Waals surface area (Å²) in [6.45, 7) is 4.34. The van der Waals surface area contributed by atoms with Gasteiger partial charge in [0.2, 0.25) is 0 Å². The molecular weight excluding hydrogens is 306 g/mol. The van der Waals surface area contributed by atoms with Crippen LogP contribution < -0.4 is 10.1 Å². The molecule has 126 valence electrons. The van der Waals surface area contributed by atoms with Crippen molar-refractivity contribution < 1.29 is 19.1 Å². The lowest BCUT2D eigenvalue weighted by atomic mass is 10.1. The van der Waals surface area contributed by atoms with Gasteiger partial charge in [0.15, 0.2) is 0 Å². The molecule has 0 aliphatic carbocycles. The summed E-state index contributed by atoms with van der Waals surface area (Å²) in [6.07, 6.45) is 0. The van der Waals surface area contributed by atoms with Crippen LogP contribution in [0.1, 0.15) is 34.6 Å². The molecule has 0 fully saturated rings. The number of amides is 1. The van der Waals surface area contributed by atoms with Gasteiger partial charge in [-0.25, -0.2) is 4.79 Å². The van der Waals surface area contributed by atoms with E-state index in [9.17, 15) is 9.59 Å². The number of rotatable bonds is 6. The van der Waals surface area contributed by atoms with Crippen LogP contribution in [-0.2, 0) is 4.74 Å². The third-order valence-electron chi connectivity index (χ3n) is 3.26. The average Bonchev–Trinajstić information content (AvgIpc) is 2.60.